The first-order chi connectivity index (χ1) is 9.81. The van der Waals surface area contributed by atoms with Crippen molar-refractivity contribution >= 4 is 11.6 Å². The Morgan fingerprint density at radius 3 is 2.25 bits per heavy atom. The lowest BCUT2D eigenvalue weighted by Gasteiger charge is -2.06. The van der Waals surface area contributed by atoms with Crippen molar-refractivity contribution in [2.75, 3.05) is 5.32 Å². The van der Waals surface area contributed by atoms with E-state index in [1.54, 1.807) is 0 Å². The second-order valence-corrected chi connectivity index (χ2v) is 4.66. The average molecular weight is 261 g/mol. The molecule has 98 valence electrons. The van der Waals surface area contributed by atoms with Crippen LogP contribution in [0.3, 0.4) is 0 Å². The lowest BCUT2D eigenvalue weighted by molar-refractivity contribution is 1.17. The van der Waals surface area contributed by atoms with Gasteiger partial charge in [-0.2, -0.15) is 0 Å². The number of para-hydroxylation sites is 1. The quantitative estimate of drug-likeness (QED) is 0.768. The fraction of sp³-hybridized carbons (Fsp3) is 0.0588. The van der Waals surface area contributed by atoms with Crippen molar-refractivity contribution in [2.24, 2.45) is 0 Å². The summed E-state index contributed by atoms with van der Waals surface area (Å²) in [6.07, 6.45) is 3.68. The summed E-state index contributed by atoms with van der Waals surface area (Å²) in [6.45, 7) is 2.08. The fourth-order valence-electron chi connectivity index (χ4n) is 2.02. The lowest BCUT2D eigenvalue weighted by Crippen LogP contribution is -1.96. The molecular weight excluding hydrogens is 246 g/mol. The molecular formula is C17H15N3. The number of nitrogens with one attached hydrogen (secondary N) is 1. The van der Waals surface area contributed by atoms with Crippen molar-refractivity contribution in [2.45, 2.75) is 6.92 Å². The summed E-state index contributed by atoms with van der Waals surface area (Å²) in [5.74, 6) is 0.604. The minimum absolute atomic E-state index is 0.604. The van der Waals surface area contributed by atoms with Crippen molar-refractivity contribution in [3.8, 4) is 11.1 Å². The maximum Gasteiger partial charge on any atom is 0.227 e. The molecule has 0 unspecified atom stereocenters. The molecule has 3 aromatic rings. The van der Waals surface area contributed by atoms with Gasteiger partial charge in [-0.1, -0.05) is 48.0 Å². The van der Waals surface area contributed by atoms with E-state index in [1.165, 1.54) is 5.56 Å². The van der Waals surface area contributed by atoms with Crippen LogP contribution >= 0.6 is 0 Å². The molecule has 0 aliphatic carbocycles. The summed E-state index contributed by atoms with van der Waals surface area (Å²) in [4.78, 5) is 8.72. The third kappa shape index (κ3) is 2.83. The molecule has 3 nitrogen and oxygen atoms in total. The Labute approximate surface area is 118 Å². The Hall–Kier alpha value is -2.68. The van der Waals surface area contributed by atoms with E-state index >= 15 is 0 Å². The Morgan fingerprint density at radius 1 is 0.800 bits per heavy atom. The molecule has 0 amide bonds. The van der Waals surface area contributed by atoms with Gasteiger partial charge in [-0.25, -0.2) is 9.97 Å². The Morgan fingerprint density at radius 2 is 1.55 bits per heavy atom. The van der Waals surface area contributed by atoms with Gasteiger partial charge in [-0.05, 0) is 24.6 Å². The zero-order chi connectivity index (χ0) is 13.8. The summed E-state index contributed by atoms with van der Waals surface area (Å²) in [7, 11) is 0. The first kappa shape index (κ1) is 12.4. The first-order valence-corrected chi connectivity index (χ1v) is 6.52. The molecule has 0 atom stereocenters. The maximum atomic E-state index is 4.36. The van der Waals surface area contributed by atoms with Crippen LogP contribution in [0.5, 0.6) is 0 Å². The van der Waals surface area contributed by atoms with Gasteiger partial charge in [0.15, 0.2) is 0 Å². The molecule has 3 heteroatoms. The van der Waals surface area contributed by atoms with Gasteiger partial charge in [-0.15, -0.1) is 0 Å². The Balaban J connectivity index is 1.81. The lowest BCUT2D eigenvalue weighted by atomic mass is 10.1. The molecule has 0 bridgehead atoms. The summed E-state index contributed by atoms with van der Waals surface area (Å²) < 4.78 is 0. The van der Waals surface area contributed by atoms with Crippen LogP contribution in [0.2, 0.25) is 0 Å². The Kier molecular flexibility index (Phi) is 3.42. The second kappa shape index (κ2) is 5.53. The van der Waals surface area contributed by atoms with Crippen molar-refractivity contribution in [1.82, 2.24) is 9.97 Å². The van der Waals surface area contributed by atoms with Gasteiger partial charge in [0.05, 0.1) is 0 Å². The van der Waals surface area contributed by atoms with E-state index in [0.29, 0.717) is 5.95 Å². The van der Waals surface area contributed by atoms with Gasteiger partial charge < -0.3 is 5.32 Å². The van der Waals surface area contributed by atoms with E-state index in [4.69, 9.17) is 0 Å². The average Bonchev–Trinajstić information content (AvgIpc) is 2.49. The van der Waals surface area contributed by atoms with Crippen LogP contribution in [-0.2, 0) is 0 Å². The van der Waals surface area contributed by atoms with Crippen LogP contribution in [0.25, 0.3) is 11.1 Å². The van der Waals surface area contributed by atoms with E-state index in [2.05, 4.69) is 40.4 Å². The van der Waals surface area contributed by atoms with Gasteiger partial charge in [-0.3, -0.25) is 0 Å². The molecule has 2 aromatic carbocycles. The standard InChI is InChI=1S/C17H15N3/c1-13-6-5-7-14(10-13)15-11-18-17(19-12-15)20-16-8-3-2-4-9-16/h2-12H,1H3,(H,18,19,20). The summed E-state index contributed by atoms with van der Waals surface area (Å²) in [5.41, 5.74) is 4.37. The molecule has 0 aliphatic heterocycles. The summed E-state index contributed by atoms with van der Waals surface area (Å²) >= 11 is 0. The zero-order valence-electron chi connectivity index (χ0n) is 11.2. The molecule has 20 heavy (non-hydrogen) atoms. The van der Waals surface area contributed by atoms with Crippen molar-refractivity contribution < 1.29 is 0 Å². The highest BCUT2D eigenvalue weighted by atomic mass is 15.1. The SMILES string of the molecule is Cc1cccc(-c2cnc(Nc3ccccc3)nc2)c1. The molecule has 0 saturated carbocycles. The van der Waals surface area contributed by atoms with E-state index in [-0.39, 0.29) is 0 Å². The maximum absolute atomic E-state index is 4.36. The van der Waals surface area contributed by atoms with Crippen LogP contribution in [0, 0.1) is 6.92 Å². The molecule has 0 aliphatic rings. The third-order valence-corrected chi connectivity index (χ3v) is 3.03. The number of hydrogen-bond donors (Lipinski definition) is 1. The van der Waals surface area contributed by atoms with Crippen molar-refractivity contribution in [3.05, 3.63) is 72.6 Å². The van der Waals surface area contributed by atoms with Crippen LogP contribution < -0.4 is 5.32 Å². The van der Waals surface area contributed by atoms with Gasteiger partial charge in [0.1, 0.15) is 0 Å². The van der Waals surface area contributed by atoms with Crippen LogP contribution in [0.15, 0.2) is 67.0 Å². The van der Waals surface area contributed by atoms with Crippen LogP contribution in [0.1, 0.15) is 5.56 Å². The predicted octanol–water partition coefficient (Wildman–Crippen LogP) is 4.20. The number of aromatic nitrogens is 2. The number of hydrogen-bond acceptors (Lipinski definition) is 3. The third-order valence-electron chi connectivity index (χ3n) is 3.03. The first-order valence-electron chi connectivity index (χ1n) is 6.52. The fourth-order valence-corrected chi connectivity index (χ4v) is 2.02. The predicted molar refractivity (Wildman–Crippen MR) is 81.9 cm³/mol. The molecule has 0 fully saturated rings. The number of benzene rings is 2. The van der Waals surface area contributed by atoms with Gasteiger partial charge in [0, 0.05) is 23.6 Å². The Bertz CT molecular complexity index is 691. The van der Waals surface area contributed by atoms with Gasteiger partial charge in [0.2, 0.25) is 5.95 Å². The van der Waals surface area contributed by atoms with Gasteiger partial charge in [0.25, 0.3) is 0 Å². The monoisotopic (exact) mass is 261 g/mol. The normalized spacial score (nSPS) is 10.2. The largest absolute Gasteiger partial charge is 0.324 e. The number of rotatable bonds is 3. The van der Waals surface area contributed by atoms with E-state index in [1.807, 2.05) is 48.8 Å². The number of nitrogens with zero attached hydrogens (tertiary/aromatic N) is 2. The molecule has 0 radical (unpaired) electrons. The highest BCUT2D eigenvalue weighted by Crippen LogP contribution is 2.20. The molecule has 1 N–H and O–H groups in total. The number of aryl methyl sites for hydroxylation is 1. The van der Waals surface area contributed by atoms with Crippen molar-refractivity contribution in [3.63, 3.8) is 0 Å². The molecule has 1 heterocycles. The van der Waals surface area contributed by atoms with E-state index in [0.717, 1.165) is 16.8 Å². The summed E-state index contributed by atoms with van der Waals surface area (Å²) in [5, 5.41) is 3.17. The smallest absolute Gasteiger partial charge is 0.227 e. The minimum atomic E-state index is 0.604. The molecule has 0 saturated heterocycles. The highest BCUT2D eigenvalue weighted by Gasteiger charge is 2.01. The molecule has 0 spiro atoms. The van der Waals surface area contributed by atoms with Gasteiger partial charge >= 0.3 is 0 Å². The van der Waals surface area contributed by atoms with E-state index < -0.39 is 0 Å². The second-order valence-electron chi connectivity index (χ2n) is 4.66. The minimum Gasteiger partial charge on any atom is -0.324 e. The zero-order valence-corrected chi connectivity index (χ0v) is 11.2. The van der Waals surface area contributed by atoms with E-state index in [9.17, 15) is 0 Å². The topological polar surface area (TPSA) is 37.8 Å². The molecule has 3 rings (SSSR count). The number of anilines is 2. The summed E-state index contributed by atoms with van der Waals surface area (Å²) in [6, 6.07) is 18.2. The highest BCUT2D eigenvalue weighted by molar-refractivity contribution is 5.63. The van der Waals surface area contributed by atoms with Crippen LogP contribution in [0.4, 0.5) is 11.6 Å². The van der Waals surface area contributed by atoms with Crippen molar-refractivity contribution in [1.29, 1.82) is 0 Å². The molecule has 1 aromatic heterocycles. The van der Waals surface area contributed by atoms with Crippen LogP contribution in [-0.4, -0.2) is 9.97 Å².